The molecule has 1 fully saturated rings. The summed E-state index contributed by atoms with van der Waals surface area (Å²) >= 11 is 0. The van der Waals surface area contributed by atoms with Gasteiger partial charge >= 0.3 is 0 Å². The Morgan fingerprint density at radius 3 is 2.52 bits per heavy atom. The summed E-state index contributed by atoms with van der Waals surface area (Å²) in [4.78, 5) is 19.7. The second-order valence-corrected chi connectivity index (χ2v) is 8.29. The third-order valence-electron chi connectivity index (χ3n) is 4.20. The molecule has 0 radical (unpaired) electrons. The fraction of sp³-hybridized carbons (Fsp3) is 0.438. The minimum absolute atomic E-state index is 0.00367. The van der Waals surface area contributed by atoms with Crippen molar-refractivity contribution in [2.24, 2.45) is 0 Å². The highest BCUT2D eigenvalue weighted by Gasteiger charge is 2.23. The third-order valence-corrected chi connectivity index (χ3v) is 5.12. The van der Waals surface area contributed by atoms with Gasteiger partial charge in [0.2, 0.25) is 0 Å². The molecule has 1 N–H and O–H groups in total. The molecule has 1 aliphatic rings. The average molecular weight is 335 g/mol. The number of aromatic amines is 1. The maximum absolute atomic E-state index is 12.6. The van der Waals surface area contributed by atoms with Crippen LogP contribution < -0.4 is 0 Å². The molecule has 6 nitrogen and oxygen atoms in total. The predicted molar refractivity (Wildman–Crippen MR) is 90.4 cm³/mol. The molecule has 1 aliphatic heterocycles. The fourth-order valence-electron chi connectivity index (χ4n) is 2.83. The summed E-state index contributed by atoms with van der Waals surface area (Å²) in [6.07, 6.45) is 1.25. The normalized spacial score (nSPS) is 16.8. The predicted octanol–water partition coefficient (Wildman–Crippen LogP) is 0.970. The van der Waals surface area contributed by atoms with Gasteiger partial charge in [0, 0.05) is 49.9 Å². The van der Waals surface area contributed by atoms with Gasteiger partial charge in [0.15, 0.2) is 0 Å². The van der Waals surface area contributed by atoms with Gasteiger partial charge in [-0.1, -0.05) is 18.2 Å². The first-order valence-corrected chi connectivity index (χ1v) is 9.75. The van der Waals surface area contributed by atoms with E-state index in [9.17, 15) is 13.2 Å². The Morgan fingerprint density at radius 2 is 1.87 bits per heavy atom. The van der Waals surface area contributed by atoms with Crippen LogP contribution in [-0.2, 0) is 9.84 Å². The number of benzene rings is 1. The van der Waals surface area contributed by atoms with Gasteiger partial charge in [0.25, 0.3) is 5.91 Å². The Bertz CT molecular complexity index is 772. The molecule has 1 saturated heterocycles. The van der Waals surface area contributed by atoms with E-state index in [0.29, 0.717) is 38.4 Å². The van der Waals surface area contributed by atoms with Crippen LogP contribution in [0.2, 0.25) is 0 Å². The summed E-state index contributed by atoms with van der Waals surface area (Å²) in [5, 5.41) is 1.03. The number of rotatable bonds is 4. The van der Waals surface area contributed by atoms with Gasteiger partial charge in [0.1, 0.15) is 15.5 Å². The first-order chi connectivity index (χ1) is 10.9. The van der Waals surface area contributed by atoms with Crippen LogP contribution in [0.1, 0.15) is 10.5 Å². The minimum atomic E-state index is -2.94. The molecule has 0 spiro atoms. The molecule has 0 bridgehead atoms. The number of para-hydroxylation sites is 1. The lowest BCUT2D eigenvalue weighted by Crippen LogP contribution is -2.49. The number of carbonyl (C=O) groups is 1. The Balaban J connectivity index is 1.60. The van der Waals surface area contributed by atoms with Crippen LogP contribution in [0.4, 0.5) is 0 Å². The SMILES string of the molecule is CS(=O)(=O)CCN1CCN(C(=O)c2cc3ccccc3[nH]2)CC1. The van der Waals surface area contributed by atoms with Crippen LogP contribution in [-0.4, -0.2) is 73.8 Å². The average Bonchev–Trinajstić information content (AvgIpc) is 2.96. The molecular formula is C16H21N3O3S. The standard InChI is InChI=1S/C16H21N3O3S/c1-23(21,22)11-10-18-6-8-19(9-7-18)16(20)15-12-13-4-2-3-5-14(13)17-15/h2-5,12,17H,6-11H2,1H3. The molecule has 3 rings (SSSR count). The number of hydrogen-bond acceptors (Lipinski definition) is 4. The van der Waals surface area contributed by atoms with Gasteiger partial charge in [-0.15, -0.1) is 0 Å². The Kier molecular flexibility index (Phi) is 4.41. The zero-order chi connectivity index (χ0) is 16.4. The first kappa shape index (κ1) is 16.0. The molecule has 0 aliphatic carbocycles. The summed E-state index contributed by atoms with van der Waals surface area (Å²) in [5.41, 5.74) is 1.57. The molecule has 1 aromatic carbocycles. The molecule has 0 unspecified atom stereocenters. The van der Waals surface area contributed by atoms with E-state index in [1.807, 2.05) is 35.2 Å². The Hall–Kier alpha value is -1.86. The van der Waals surface area contributed by atoms with Crippen LogP contribution in [0.3, 0.4) is 0 Å². The topological polar surface area (TPSA) is 73.5 Å². The van der Waals surface area contributed by atoms with Gasteiger partial charge in [0.05, 0.1) is 5.75 Å². The van der Waals surface area contributed by atoms with Gasteiger partial charge < -0.3 is 9.88 Å². The number of H-pyrrole nitrogens is 1. The van der Waals surface area contributed by atoms with Gasteiger partial charge in [-0.2, -0.15) is 0 Å². The number of carbonyl (C=O) groups excluding carboxylic acids is 1. The number of piperazine rings is 1. The molecule has 7 heteroatoms. The molecule has 2 aromatic rings. The van der Waals surface area contributed by atoms with Gasteiger partial charge in [-0.25, -0.2) is 8.42 Å². The van der Waals surface area contributed by atoms with E-state index in [2.05, 4.69) is 9.88 Å². The zero-order valence-corrected chi connectivity index (χ0v) is 14.0. The molecular weight excluding hydrogens is 314 g/mol. The molecule has 2 heterocycles. The van der Waals surface area contributed by atoms with E-state index in [4.69, 9.17) is 0 Å². The van der Waals surface area contributed by atoms with Crippen LogP contribution >= 0.6 is 0 Å². The number of hydrogen-bond donors (Lipinski definition) is 1. The number of fused-ring (bicyclic) bond motifs is 1. The molecule has 124 valence electrons. The van der Waals surface area contributed by atoms with Crippen molar-refractivity contribution >= 4 is 26.6 Å². The van der Waals surface area contributed by atoms with E-state index < -0.39 is 9.84 Å². The second kappa shape index (κ2) is 6.33. The minimum Gasteiger partial charge on any atom is -0.351 e. The molecule has 0 saturated carbocycles. The maximum atomic E-state index is 12.6. The number of nitrogens with zero attached hydrogens (tertiary/aromatic N) is 2. The van der Waals surface area contributed by atoms with Crippen LogP contribution in [0, 0.1) is 0 Å². The molecule has 1 amide bonds. The Labute approximate surface area is 136 Å². The van der Waals surface area contributed by atoms with E-state index in [1.54, 1.807) is 0 Å². The van der Waals surface area contributed by atoms with Crippen molar-refractivity contribution in [3.63, 3.8) is 0 Å². The largest absolute Gasteiger partial charge is 0.351 e. The van der Waals surface area contributed by atoms with Gasteiger partial charge in [-0.3, -0.25) is 9.69 Å². The summed E-state index contributed by atoms with van der Waals surface area (Å²) in [6.45, 7) is 3.20. The van der Waals surface area contributed by atoms with Crippen LogP contribution in [0.25, 0.3) is 10.9 Å². The van der Waals surface area contributed by atoms with Crippen LogP contribution in [0.15, 0.2) is 30.3 Å². The molecule has 23 heavy (non-hydrogen) atoms. The van der Waals surface area contributed by atoms with E-state index in [0.717, 1.165) is 10.9 Å². The highest BCUT2D eigenvalue weighted by Crippen LogP contribution is 2.16. The third kappa shape index (κ3) is 3.92. The first-order valence-electron chi connectivity index (χ1n) is 7.69. The summed E-state index contributed by atoms with van der Waals surface area (Å²) < 4.78 is 22.4. The number of aromatic nitrogens is 1. The van der Waals surface area contributed by atoms with E-state index in [-0.39, 0.29) is 11.7 Å². The van der Waals surface area contributed by atoms with Crippen molar-refractivity contribution in [3.8, 4) is 0 Å². The monoisotopic (exact) mass is 335 g/mol. The van der Waals surface area contributed by atoms with E-state index >= 15 is 0 Å². The lowest BCUT2D eigenvalue weighted by Gasteiger charge is -2.34. The lowest BCUT2D eigenvalue weighted by molar-refractivity contribution is 0.0639. The smallest absolute Gasteiger partial charge is 0.270 e. The van der Waals surface area contributed by atoms with E-state index in [1.165, 1.54) is 6.26 Å². The number of amides is 1. The fourth-order valence-corrected chi connectivity index (χ4v) is 3.42. The highest BCUT2D eigenvalue weighted by molar-refractivity contribution is 7.90. The van der Waals surface area contributed by atoms with Crippen molar-refractivity contribution < 1.29 is 13.2 Å². The molecule has 0 atom stereocenters. The van der Waals surface area contributed by atoms with Gasteiger partial charge in [-0.05, 0) is 12.1 Å². The maximum Gasteiger partial charge on any atom is 0.270 e. The molecule has 1 aromatic heterocycles. The van der Waals surface area contributed by atoms with Crippen molar-refractivity contribution in [2.75, 3.05) is 44.7 Å². The van der Waals surface area contributed by atoms with Crippen molar-refractivity contribution in [2.45, 2.75) is 0 Å². The second-order valence-electron chi connectivity index (χ2n) is 6.03. The highest BCUT2D eigenvalue weighted by atomic mass is 32.2. The summed E-state index contributed by atoms with van der Waals surface area (Å²) in [5.74, 6) is 0.173. The van der Waals surface area contributed by atoms with Crippen molar-refractivity contribution in [3.05, 3.63) is 36.0 Å². The van der Waals surface area contributed by atoms with Crippen molar-refractivity contribution in [1.29, 1.82) is 0 Å². The zero-order valence-electron chi connectivity index (χ0n) is 13.2. The summed E-state index contributed by atoms with van der Waals surface area (Å²) in [6, 6.07) is 9.70. The lowest BCUT2D eigenvalue weighted by atomic mass is 10.2. The summed E-state index contributed by atoms with van der Waals surface area (Å²) in [7, 11) is -2.94. The number of nitrogens with one attached hydrogen (secondary N) is 1. The van der Waals surface area contributed by atoms with Crippen molar-refractivity contribution in [1.82, 2.24) is 14.8 Å². The van der Waals surface area contributed by atoms with Crippen LogP contribution in [0.5, 0.6) is 0 Å². The quantitative estimate of drug-likeness (QED) is 0.904. The Morgan fingerprint density at radius 1 is 1.17 bits per heavy atom. The number of sulfone groups is 1.